The van der Waals surface area contributed by atoms with Crippen LogP contribution in [0, 0.1) is 11.6 Å². The molecule has 0 saturated carbocycles. The van der Waals surface area contributed by atoms with Gasteiger partial charge in [-0.15, -0.1) is 11.3 Å². The molecule has 0 radical (unpaired) electrons. The summed E-state index contributed by atoms with van der Waals surface area (Å²) in [5, 5.41) is 12.3. The van der Waals surface area contributed by atoms with Crippen LogP contribution in [-0.4, -0.2) is 10.1 Å². The largest absolute Gasteiger partial charge is 0.388 e. The minimum Gasteiger partial charge on any atom is -0.388 e. The minimum atomic E-state index is -0.948. The van der Waals surface area contributed by atoms with Crippen molar-refractivity contribution in [3.63, 3.8) is 0 Å². The van der Waals surface area contributed by atoms with Gasteiger partial charge in [-0.25, -0.2) is 13.8 Å². The summed E-state index contributed by atoms with van der Waals surface area (Å²) in [7, 11) is 0. The van der Waals surface area contributed by atoms with Gasteiger partial charge in [-0.05, 0) is 17.7 Å². The highest BCUT2D eigenvalue weighted by Gasteiger charge is 2.12. The molecule has 1 N–H and O–H groups in total. The number of halogens is 2. The number of benzene rings is 1. The van der Waals surface area contributed by atoms with Gasteiger partial charge in [-0.1, -0.05) is 6.07 Å². The third-order valence-corrected chi connectivity index (χ3v) is 2.98. The molecule has 16 heavy (non-hydrogen) atoms. The van der Waals surface area contributed by atoms with E-state index in [1.165, 1.54) is 17.4 Å². The van der Waals surface area contributed by atoms with Crippen molar-refractivity contribution in [1.29, 1.82) is 0 Å². The molecule has 1 aromatic carbocycles. The predicted molar refractivity (Wildman–Crippen MR) is 57.1 cm³/mol. The van der Waals surface area contributed by atoms with Crippen molar-refractivity contribution < 1.29 is 13.9 Å². The maximum atomic E-state index is 12.9. The molecule has 0 aliphatic heterocycles. The molecule has 5 heteroatoms. The van der Waals surface area contributed by atoms with Crippen molar-refractivity contribution in [2.75, 3.05) is 0 Å². The molecule has 0 aliphatic carbocycles. The van der Waals surface area contributed by atoms with E-state index in [1.807, 2.05) is 0 Å². The van der Waals surface area contributed by atoms with Crippen LogP contribution < -0.4 is 0 Å². The van der Waals surface area contributed by atoms with Crippen LogP contribution in [0.2, 0.25) is 0 Å². The third kappa shape index (κ3) is 2.43. The lowest BCUT2D eigenvalue weighted by Crippen LogP contribution is -2.02. The lowest BCUT2D eigenvalue weighted by atomic mass is 10.1. The number of aliphatic hydroxyl groups excluding tert-OH is 1. The number of hydrogen-bond acceptors (Lipinski definition) is 3. The second-order valence-corrected chi connectivity index (χ2v) is 4.30. The summed E-state index contributed by atoms with van der Waals surface area (Å²) in [4.78, 5) is 4.01. The normalized spacial score (nSPS) is 12.7. The molecule has 2 aromatic rings. The Bertz CT molecular complexity index is 473. The van der Waals surface area contributed by atoms with Gasteiger partial charge in [0, 0.05) is 18.0 Å². The summed E-state index contributed by atoms with van der Waals surface area (Å²) in [5.74, 6) is -1.86. The van der Waals surface area contributed by atoms with Gasteiger partial charge in [-0.3, -0.25) is 0 Å². The van der Waals surface area contributed by atoms with Gasteiger partial charge in [-0.2, -0.15) is 0 Å². The molecule has 2 rings (SSSR count). The summed E-state index contributed by atoms with van der Waals surface area (Å²) in [6.45, 7) is 0. The highest BCUT2D eigenvalue weighted by molar-refractivity contribution is 7.09. The Morgan fingerprint density at radius 2 is 2.12 bits per heavy atom. The predicted octanol–water partition coefficient (Wildman–Crippen LogP) is 2.70. The van der Waals surface area contributed by atoms with Gasteiger partial charge in [0.15, 0.2) is 11.6 Å². The molecular formula is C11H9F2NOS. The SMILES string of the molecule is OC(Cc1nccs1)c1ccc(F)c(F)c1. The van der Waals surface area contributed by atoms with Gasteiger partial charge in [0.25, 0.3) is 0 Å². The zero-order valence-corrected chi connectivity index (χ0v) is 9.05. The Labute approximate surface area is 95.2 Å². The van der Waals surface area contributed by atoms with E-state index in [0.717, 1.165) is 17.1 Å². The second kappa shape index (κ2) is 4.67. The highest BCUT2D eigenvalue weighted by atomic mass is 32.1. The van der Waals surface area contributed by atoms with E-state index in [9.17, 15) is 13.9 Å². The Balaban J connectivity index is 2.14. The number of hydrogen-bond donors (Lipinski definition) is 1. The van der Waals surface area contributed by atoms with Gasteiger partial charge in [0.05, 0.1) is 11.1 Å². The fourth-order valence-corrected chi connectivity index (χ4v) is 2.01. The van der Waals surface area contributed by atoms with Crippen LogP contribution in [0.1, 0.15) is 16.7 Å². The summed E-state index contributed by atoms with van der Waals surface area (Å²) in [5.41, 5.74) is 0.356. The minimum absolute atomic E-state index is 0.308. The third-order valence-electron chi connectivity index (χ3n) is 2.18. The average Bonchev–Trinajstić information content (AvgIpc) is 2.74. The van der Waals surface area contributed by atoms with Crippen LogP contribution in [0.5, 0.6) is 0 Å². The van der Waals surface area contributed by atoms with Crippen molar-refractivity contribution in [2.24, 2.45) is 0 Å². The van der Waals surface area contributed by atoms with Crippen LogP contribution in [-0.2, 0) is 6.42 Å². The summed E-state index contributed by atoms with van der Waals surface area (Å²) < 4.78 is 25.6. The molecule has 1 unspecified atom stereocenters. The zero-order chi connectivity index (χ0) is 11.5. The first-order valence-electron chi connectivity index (χ1n) is 4.68. The Morgan fingerprint density at radius 1 is 1.31 bits per heavy atom. The lowest BCUT2D eigenvalue weighted by molar-refractivity contribution is 0.177. The van der Waals surface area contributed by atoms with Crippen molar-refractivity contribution in [2.45, 2.75) is 12.5 Å². The smallest absolute Gasteiger partial charge is 0.159 e. The van der Waals surface area contributed by atoms with Gasteiger partial charge in [0.1, 0.15) is 0 Å². The van der Waals surface area contributed by atoms with Crippen LogP contribution in [0.3, 0.4) is 0 Å². The first kappa shape index (κ1) is 11.2. The first-order valence-corrected chi connectivity index (χ1v) is 5.56. The van der Waals surface area contributed by atoms with Crippen LogP contribution in [0.25, 0.3) is 0 Å². The summed E-state index contributed by atoms with van der Waals surface area (Å²) in [6.07, 6.45) is 1.09. The zero-order valence-electron chi connectivity index (χ0n) is 8.23. The highest BCUT2D eigenvalue weighted by Crippen LogP contribution is 2.21. The molecule has 1 heterocycles. The monoisotopic (exact) mass is 241 g/mol. The number of nitrogens with zero attached hydrogens (tertiary/aromatic N) is 1. The second-order valence-electron chi connectivity index (χ2n) is 3.32. The average molecular weight is 241 g/mol. The van der Waals surface area contributed by atoms with E-state index in [-0.39, 0.29) is 0 Å². The molecule has 0 saturated heterocycles. The molecule has 0 amide bonds. The number of aliphatic hydroxyl groups is 1. The first-order chi connectivity index (χ1) is 7.66. The summed E-state index contributed by atoms with van der Waals surface area (Å²) >= 11 is 1.41. The molecule has 1 aromatic heterocycles. The Kier molecular flexibility index (Phi) is 3.26. The van der Waals surface area contributed by atoms with Crippen molar-refractivity contribution >= 4 is 11.3 Å². The lowest BCUT2D eigenvalue weighted by Gasteiger charge is -2.09. The van der Waals surface area contributed by atoms with E-state index < -0.39 is 17.7 Å². The molecule has 84 valence electrons. The molecule has 0 spiro atoms. The van der Waals surface area contributed by atoms with Gasteiger partial charge >= 0.3 is 0 Å². The summed E-state index contributed by atoms with van der Waals surface area (Å²) in [6, 6.07) is 3.39. The maximum absolute atomic E-state index is 12.9. The molecule has 1 atom stereocenters. The van der Waals surface area contributed by atoms with E-state index in [0.29, 0.717) is 12.0 Å². The molecule has 0 aliphatic rings. The number of thiazole rings is 1. The van der Waals surface area contributed by atoms with Crippen LogP contribution in [0.4, 0.5) is 8.78 Å². The number of aromatic nitrogens is 1. The molecule has 2 nitrogen and oxygen atoms in total. The van der Waals surface area contributed by atoms with Gasteiger partial charge in [0.2, 0.25) is 0 Å². The Hall–Kier alpha value is -1.33. The maximum Gasteiger partial charge on any atom is 0.159 e. The molecular weight excluding hydrogens is 232 g/mol. The number of rotatable bonds is 3. The molecule has 0 fully saturated rings. The van der Waals surface area contributed by atoms with Crippen molar-refractivity contribution in [3.05, 3.63) is 52.0 Å². The van der Waals surface area contributed by atoms with E-state index in [1.54, 1.807) is 11.6 Å². The topological polar surface area (TPSA) is 33.1 Å². The van der Waals surface area contributed by atoms with E-state index >= 15 is 0 Å². The fourth-order valence-electron chi connectivity index (χ4n) is 1.36. The van der Waals surface area contributed by atoms with Crippen molar-refractivity contribution in [1.82, 2.24) is 4.98 Å². The van der Waals surface area contributed by atoms with Gasteiger partial charge < -0.3 is 5.11 Å². The van der Waals surface area contributed by atoms with E-state index in [2.05, 4.69) is 4.98 Å². The Morgan fingerprint density at radius 3 is 2.75 bits per heavy atom. The van der Waals surface area contributed by atoms with Crippen molar-refractivity contribution in [3.8, 4) is 0 Å². The quantitative estimate of drug-likeness (QED) is 0.896. The fraction of sp³-hybridized carbons (Fsp3) is 0.182. The van der Waals surface area contributed by atoms with E-state index in [4.69, 9.17) is 0 Å². The van der Waals surface area contributed by atoms with Crippen LogP contribution >= 0.6 is 11.3 Å². The standard InChI is InChI=1S/C11H9F2NOS/c12-8-2-1-7(5-9(8)13)10(15)6-11-14-3-4-16-11/h1-5,10,15H,6H2. The molecule has 0 bridgehead atoms. The van der Waals surface area contributed by atoms with Crippen LogP contribution in [0.15, 0.2) is 29.8 Å².